The van der Waals surface area contributed by atoms with Crippen molar-refractivity contribution >= 4 is 14.5 Å². The molecule has 0 radical (unpaired) electrons. The first-order valence-electron chi connectivity index (χ1n) is 7.50. The van der Waals surface area contributed by atoms with Crippen LogP contribution in [0.25, 0.3) is 0 Å². The number of carbonyl (C=O) groups is 1. The molecule has 0 aliphatic rings. The molecule has 0 amide bonds. The van der Waals surface area contributed by atoms with E-state index in [-0.39, 0.29) is 18.2 Å². The Balaban J connectivity index is 4.38. The zero-order valence-electron chi connectivity index (χ0n) is 13.8. The first-order chi connectivity index (χ1) is 9.35. The van der Waals surface area contributed by atoms with Crippen molar-refractivity contribution in [1.82, 2.24) is 0 Å². The number of carbonyl (C=O) groups excluding carboxylic acids is 1. The van der Waals surface area contributed by atoms with Gasteiger partial charge in [-0.2, -0.15) is 0 Å². The van der Waals surface area contributed by atoms with Gasteiger partial charge >= 0.3 is 14.5 Å². The predicted molar refractivity (Wildman–Crippen MR) is 83.9 cm³/mol. The molecule has 5 heteroatoms. The van der Waals surface area contributed by atoms with Gasteiger partial charge in [-0.25, -0.2) is 4.79 Å². The van der Waals surface area contributed by atoms with Gasteiger partial charge in [0.05, 0.1) is 6.61 Å². The van der Waals surface area contributed by atoms with Crippen molar-refractivity contribution in [3.63, 3.8) is 0 Å². The van der Waals surface area contributed by atoms with Gasteiger partial charge in [0, 0.05) is 18.3 Å². The Kier molecular flexibility index (Phi) is 9.80. The van der Waals surface area contributed by atoms with Crippen LogP contribution in [0.4, 0.5) is 0 Å². The summed E-state index contributed by atoms with van der Waals surface area (Å²) in [6.07, 6.45) is 4.21. The minimum atomic E-state index is -2.20. The van der Waals surface area contributed by atoms with E-state index in [4.69, 9.17) is 13.6 Å². The number of ether oxygens (including phenoxy) is 1. The van der Waals surface area contributed by atoms with Crippen LogP contribution in [0.15, 0.2) is 12.2 Å². The summed E-state index contributed by atoms with van der Waals surface area (Å²) in [5, 5.41) is 0. The van der Waals surface area contributed by atoms with Crippen LogP contribution in [-0.2, 0) is 18.4 Å². The van der Waals surface area contributed by atoms with Gasteiger partial charge in [-0.1, -0.05) is 13.0 Å². The third-order valence-electron chi connectivity index (χ3n) is 2.69. The molecule has 0 saturated carbocycles. The maximum Gasteiger partial charge on any atom is 0.338 e. The van der Waals surface area contributed by atoms with E-state index < -0.39 is 8.56 Å². The van der Waals surface area contributed by atoms with Crippen molar-refractivity contribution in [2.75, 3.05) is 6.61 Å². The lowest BCUT2D eigenvalue weighted by Crippen LogP contribution is -2.45. The summed E-state index contributed by atoms with van der Waals surface area (Å²) in [5.41, 5.74) is 0. The Labute approximate surface area is 124 Å². The molecule has 0 unspecified atom stereocenters. The van der Waals surface area contributed by atoms with E-state index >= 15 is 0 Å². The molecular formula is C15H30O4Si. The second-order valence-corrected chi connectivity index (χ2v) is 8.87. The molecule has 0 bridgehead atoms. The van der Waals surface area contributed by atoms with Crippen LogP contribution in [0.1, 0.15) is 48.0 Å². The first-order valence-corrected chi connectivity index (χ1v) is 9.73. The van der Waals surface area contributed by atoms with E-state index in [9.17, 15) is 4.79 Å². The zero-order chi connectivity index (χ0) is 15.6. The largest absolute Gasteiger partial charge is 0.463 e. The van der Waals surface area contributed by atoms with Crippen LogP contribution in [0, 0.1) is 0 Å². The first kappa shape index (κ1) is 19.3. The molecule has 118 valence electrons. The summed E-state index contributed by atoms with van der Waals surface area (Å²) in [6.45, 7) is 12.5. The van der Waals surface area contributed by atoms with Crippen molar-refractivity contribution in [1.29, 1.82) is 0 Å². The molecular weight excluding hydrogens is 272 g/mol. The van der Waals surface area contributed by atoms with Crippen molar-refractivity contribution < 1.29 is 18.4 Å². The highest BCUT2D eigenvalue weighted by Crippen LogP contribution is 2.24. The smallest absolute Gasteiger partial charge is 0.338 e. The third-order valence-corrected chi connectivity index (χ3v) is 6.68. The number of esters is 1. The van der Waals surface area contributed by atoms with Gasteiger partial charge in [0.2, 0.25) is 0 Å². The van der Waals surface area contributed by atoms with Crippen LogP contribution < -0.4 is 0 Å². The van der Waals surface area contributed by atoms with Gasteiger partial charge < -0.3 is 13.6 Å². The topological polar surface area (TPSA) is 44.8 Å². The lowest BCUT2D eigenvalue weighted by atomic mass is 10.5. The van der Waals surface area contributed by atoms with Crippen molar-refractivity contribution in [3.8, 4) is 0 Å². The molecule has 0 aromatic heterocycles. The van der Waals surface area contributed by atoms with Gasteiger partial charge in [0.15, 0.2) is 0 Å². The van der Waals surface area contributed by atoms with Crippen LogP contribution >= 0.6 is 0 Å². The van der Waals surface area contributed by atoms with Gasteiger partial charge in [0.1, 0.15) is 0 Å². The van der Waals surface area contributed by atoms with Crippen molar-refractivity contribution in [3.05, 3.63) is 12.2 Å². The molecule has 0 atom stereocenters. The monoisotopic (exact) mass is 302 g/mol. The molecule has 4 nitrogen and oxygen atoms in total. The summed E-state index contributed by atoms with van der Waals surface area (Å²) < 4.78 is 17.3. The van der Waals surface area contributed by atoms with E-state index in [1.165, 1.54) is 6.08 Å². The lowest BCUT2D eigenvalue weighted by molar-refractivity contribution is -0.137. The Morgan fingerprint density at radius 3 is 2.10 bits per heavy atom. The second-order valence-electron chi connectivity index (χ2n) is 5.37. The number of allylic oxidation sites excluding steroid dienone is 1. The van der Waals surface area contributed by atoms with Crippen LogP contribution in [0.2, 0.25) is 12.1 Å². The SMILES string of the molecule is CC=CC(=O)OCCC[Si](CC)(OC(C)C)OC(C)C. The molecule has 0 aromatic rings. The standard InChI is InChI=1S/C15H30O4Si/c1-7-10-15(16)17-11-9-12-20(8-2,18-13(3)4)19-14(5)6/h7,10,13-14H,8-9,11-12H2,1-6H3. The number of hydrogen-bond donors (Lipinski definition) is 0. The molecule has 20 heavy (non-hydrogen) atoms. The molecule has 0 N–H and O–H groups in total. The Morgan fingerprint density at radius 2 is 1.70 bits per heavy atom. The zero-order valence-corrected chi connectivity index (χ0v) is 14.8. The van der Waals surface area contributed by atoms with Crippen molar-refractivity contribution in [2.24, 2.45) is 0 Å². The molecule has 0 spiro atoms. The van der Waals surface area contributed by atoms with Crippen LogP contribution in [0.3, 0.4) is 0 Å². The van der Waals surface area contributed by atoms with Crippen LogP contribution in [-0.4, -0.2) is 33.3 Å². The minimum Gasteiger partial charge on any atom is -0.463 e. The summed E-state index contributed by atoms with van der Waals surface area (Å²) in [6, 6.07) is 1.76. The second kappa shape index (κ2) is 10.1. The quantitative estimate of drug-likeness (QED) is 0.266. The summed E-state index contributed by atoms with van der Waals surface area (Å²) in [4.78, 5) is 11.2. The van der Waals surface area contributed by atoms with E-state index in [1.807, 2.05) is 27.7 Å². The van der Waals surface area contributed by atoms with Crippen molar-refractivity contribution in [2.45, 2.75) is 72.3 Å². The summed E-state index contributed by atoms with van der Waals surface area (Å²) in [7, 11) is -2.20. The fraction of sp³-hybridized carbons (Fsp3) is 0.800. The van der Waals surface area contributed by atoms with E-state index in [0.717, 1.165) is 18.5 Å². The van der Waals surface area contributed by atoms with Crippen LogP contribution in [0.5, 0.6) is 0 Å². The molecule has 0 rings (SSSR count). The fourth-order valence-corrected chi connectivity index (χ4v) is 5.43. The lowest BCUT2D eigenvalue weighted by Gasteiger charge is -2.33. The highest BCUT2D eigenvalue weighted by Gasteiger charge is 2.37. The average Bonchev–Trinajstić information content (AvgIpc) is 2.33. The molecule has 0 aliphatic carbocycles. The molecule has 0 saturated heterocycles. The Morgan fingerprint density at radius 1 is 1.15 bits per heavy atom. The summed E-state index contributed by atoms with van der Waals surface area (Å²) in [5.74, 6) is -0.286. The number of hydrogen-bond acceptors (Lipinski definition) is 4. The number of rotatable bonds is 10. The maximum atomic E-state index is 11.2. The van der Waals surface area contributed by atoms with Gasteiger partial charge in [0.25, 0.3) is 0 Å². The van der Waals surface area contributed by atoms with E-state index in [2.05, 4.69) is 6.92 Å². The average molecular weight is 302 g/mol. The predicted octanol–water partition coefficient (Wildman–Crippen LogP) is 3.81. The molecule has 0 aromatic carbocycles. The third kappa shape index (κ3) is 8.50. The van der Waals surface area contributed by atoms with Gasteiger partial charge in [-0.3, -0.25) is 0 Å². The normalized spacial score (nSPS) is 12.6. The highest BCUT2D eigenvalue weighted by atomic mass is 28.4. The fourth-order valence-electron chi connectivity index (χ4n) is 2.05. The van der Waals surface area contributed by atoms with E-state index in [0.29, 0.717) is 6.61 Å². The highest BCUT2D eigenvalue weighted by molar-refractivity contribution is 6.67. The maximum absolute atomic E-state index is 11.2. The van der Waals surface area contributed by atoms with Gasteiger partial charge in [-0.15, -0.1) is 0 Å². The van der Waals surface area contributed by atoms with E-state index in [1.54, 1.807) is 13.0 Å². The Hall–Kier alpha value is -0.653. The van der Waals surface area contributed by atoms with Gasteiger partial charge in [-0.05, 0) is 53.1 Å². The Bertz CT molecular complexity index is 290. The summed E-state index contributed by atoms with van der Waals surface area (Å²) >= 11 is 0. The molecule has 0 aliphatic heterocycles. The molecule has 0 fully saturated rings. The molecule has 0 heterocycles. The minimum absolute atomic E-state index is 0.158.